The number of carbonyl (C=O) groups excluding carboxylic acids is 1. The molecule has 6 nitrogen and oxygen atoms in total. The van der Waals surface area contributed by atoms with Gasteiger partial charge < -0.3 is 25.2 Å². The maximum absolute atomic E-state index is 12.0. The van der Waals surface area contributed by atoms with Gasteiger partial charge in [-0.2, -0.15) is 0 Å². The lowest BCUT2D eigenvalue weighted by atomic mass is 10.2. The Morgan fingerprint density at radius 3 is 2.56 bits per heavy atom. The lowest BCUT2D eigenvalue weighted by Gasteiger charge is -2.13. The van der Waals surface area contributed by atoms with Crippen molar-refractivity contribution in [3.63, 3.8) is 0 Å². The van der Waals surface area contributed by atoms with Crippen LogP contribution in [0.4, 0.5) is 5.69 Å². The van der Waals surface area contributed by atoms with Crippen molar-refractivity contribution in [3.05, 3.63) is 53.6 Å². The number of ether oxygens (including phenoxy) is 2. The Bertz CT molecular complexity index is 686. The summed E-state index contributed by atoms with van der Waals surface area (Å²) in [6.07, 6.45) is 0. The van der Waals surface area contributed by atoms with Gasteiger partial charge in [-0.3, -0.25) is 4.79 Å². The summed E-state index contributed by atoms with van der Waals surface area (Å²) in [7, 11) is 1.56. The molecule has 25 heavy (non-hydrogen) atoms. The number of rotatable bonds is 9. The third-order valence-corrected chi connectivity index (χ3v) is 3.54. The summed E-state index contributed by atoms with van der Waals surface area (Å²) in [5, 5.41) is 14.7. The number of hydrogen-bond donors (Lipinski definition) is 3. The molecule has 0 spiro atoms. The Morgan fingerprint density at radius 2 is 1.88 bits per heavy atom. The van der Waals surface area contributed by atoms with Crippen molar-refractivity contribution >= 4 is 11.6 Å². The highest BCUT2D eigenvalue weighted by Gasteiger charge is 2.09. The maximum atomic E-state index is 12.0. The van der Waals surface area contributed by atoms with Crippen molar-refractivity contribution in [1.29, 1.82) is 0 Å². The number of carbonyl (C=O) groups is 1. The van der Waals surface area contributed by atoms with E-state index in [2.05, 4.69) is 10.6 Å². The number of aliphatic hydroxyl groups is 1. The molecule has 2 rings (SSSR count). The van der Waals surface area contributed by atoms with E-state index in [1.165, 1.54) is 0 Å². The van der Waals surface area contributed by atoms with Crippen LogP contribution in [0.1, 0.15) is 11.1 Å². The van der Waals surface area contributed by atoms with Gasteiger partial charge in [0.2, 0.25) is 0 Å². The lowest BCUT2D eigenvalue weighted by Crippen LogP contribution is -2.20. The molecule has 3 N–H and O–H groups in total. The molecule has 0 aromatic heterocycles. The van der Waals surface area contributed by atoms with Crippen LogP contribution in [0.3, 0.4) is 0 Å². The molecular weight excluding hydrogens is 320 g/mol. The summed E-state index contributed by atoms with van der Waals surface area (Å²) in [6.45, 7) is 3.12. The predicted molar refractivity (Wildman–Crippen MR) is 97.1 cm³/mol. The molecule has 0 bridgehead atoms. The van der Waals surface area contributed by atoms with E-state index in [0.717, 1.165) is 16.8 Å². The van der Waals surface area contributed by atoms with E-state index >= 15 is 0 Å². The number of benzene rings is 2. The highest BCUT2D eigenvalue weighted by Crippen LogP contribution is 2.28. The molecule has 0 saturated heterocycles. The second-order valence-electron chi connectivity index (χ2n) is 5.59. The lowest BCUT2D eigenvalue weighted by molar-refractivity contribution is -0.118. The second-order valence-corrected chi connectivity index (χ2v) is 5.59. The molecule has 134 valence electrons. The first-order valence-electron chi connectivity index (χ1n) is 8.10. The van der Waals surface area contributed by atoms with Crippen LogP contribution in [0.5, 0.6) is 11.5 Å². The Kier molecular flexibility index (Phi) is 7.25. The zero-order chi connectivity index (χ0) is 18.1. The molecule has 0 saturated carbocycles. The highest BCUT2D eigenvalue weighted by molar-refractivity contribution is 5.91. The van der Waals surface area contributed by atoms with Gasteiger partial charge in [0.25, 0.3) is 5.91 Å². The smallest absolute Gasteiger partial charge is 0.262 e. The van der Waals surface area contributed by atoms with Crippen molar-refractivity contribution in [3.8, 4) is 11.5 Å². The number of methoxy groups -OCH3 is 1. The third kappa shape index (κ3) is 6.10. The quantitative estimate of drug-likeness (QED) is 0.607. The van der Waals surface area contributed by atoms with Crippen LogP contribution in [-0.4, -0.2) is 37.9 Å². The van der Waals surface area contributed by atoms with Gasteiger partial charge in [-0.05, 0) is 36.8 Å². The zero-order valence-corrected chi connectivity index (χ0v) is 14.5. The Hall–Kier alpha value is -2.57. The van der Waals surface area contributed by atoms with Gasteiger partial charge >= 0.3 is 0 Å². The van der Waals surface area contributed by atoms with E-state index in [4.69, 9.17) is 14.6 Å². The minimum Gasteiger partial charge on any atom is -0.493 e. The number of hydrogen-bond acceptors (Lipinski definition) is 5. The topological polar surface area (TPSA) is 79.8 Å². The zero-order valence-electron chi connectivity index (χ0n) is 14.5. The molecule has 2 aromatic rings. The van der Waals surface area contributed by atoms with E-state index < -0.39 is 0 Å². The second kappa shape index (κ2) is 9.66. The molecule has 0 aliphatic rings. The van der Waals surface area contributed by atoms with Gasteiger partial charge in [0.15, 0.2) is 18.1 Å². The van der Waals surface area contributed by atoms with Crippen LogP contribution < -0.4 is 20.1 Å². The van der Waals surface area contributed by atoms with Crippen LogP contribution in [0, 0.1) is 6.92 Å². The van der Waals surface area contributed by atoms with Gasteiger partial charge in [-0.15, -0.1) is 0 Å². The highest BCUT2D eigenvalue weighted by atomic mass is 16.5. The maximum Gasteiger partial charge on any atom is 0.262 e. The molecule has 0 heterocycles. The number of aliphatic hydroxyl groups excluding tert-OH is 1. The van der Waals surface area contributed by atoms with Crippen LogP contribution in [0.15, 0.2) is 42.5 Å². The molecule has 6 heteroatoms. The van der Waals surface area contributed by atoms with E-state index in [-0.39, 0.29) is 19.1 Å². The van der Waals surface area contributed by atoms with E-state index in [1.54, 1.807) is 13.2 Å². The molecule has 0 atom stereocenters. The van der Waals surface area contributed by atoms with Crippen molar-refractivity contribution in [1.82, 2.24) is 5.32 Å². The number of anilines is 1. The average molecular weight is 344 g/mol. The van der Waals surface area contributed by atoms with Crippen LogP contribution in [0.2, 0.25) is 0 Å². The molecular formula is C19H24N2O4. The van der Waals surface area contributed by atoms with E-state index in [0.29, 0.717) is 24.6 Å². The standard InChI is InChI=1S/C19H24N2O4/c1-14-3-6-16(7-4-14)21-19(23)13-25-17-8-5-15(11-18(17)24-2)12-20-9-10-22/h3-8,11,20,22H,9-10,12-13H2,1-2H3,(H,21,23). The largest absolute Gasteiger partial charge is 0.493 e. The summed E-state index contributed by atoms with van der Waals surface area (Å²) < 4.78 is 10.9. The average Bonchev–Trinajstić information content (AvgIpc) is 2.62. The molecule has 0 radical (unpaired) electrons. The van der Waals surface area contributed by atoms with E-state index in [1.807, 2.05) is 43.3 Å². The molecule has 0 fully saturated rings. The summed E-state index contributed by atoms with van der Waals surface area (Å²) in [5.74, 6) is 0.832. The molecule has 0 aliphatic carbocycles. The minimum atomic E-state index is -0.236. The monoisotopic (exact) mass is 344 g/mol. The van der Waals surface area contributed by atoms with Gasteiger partial charge in [0.05, 0.1) is 13.7 Å². The molecule has 0 unspecified atom stereocenters. The van der Waals surface area contributed by atoms with Crippen molar-refractivity contribution in [2.24, 2.45) is 0 Å². The van der Waals surface area contributed by atoms with Crippen molar-refractivity contribution in [2.45, 2.75) is 13.5 Å². The van der Waals surface area contributed by atoms with Gasteiger partial charge in [0, 0.05) is 18.8 Å². The fourth-order valence-corrected chi connectivity index (χ4v) is 2.23. The summed E-state index contributed by atoms with van der Waals surface area (Å²) in [5.41, 5.74) is 2.87. The third-order valence-electron chi connectivity index (χ3n) is 3.54. The Morgan fingerprint density at radius 1 is 1.12 bits per heavy atom. The first-order chi connectivity index (χ1) is 12.1. The van der Waals surface area contributed by atoms with Gasteiger partial charge in [-0.25, -0.2) is 0 Å². The molecule has 1 amide bonds. The summed E-state index contributed by atoms with van der Waals surface area (Å²) >= 11 is 0. The fourth-order valence-electron chi connectivity index (χ4n) is 2.23. The van der Waals surface area contributed by atoms with Crippen molar-refractivity contribution in [2.75, 3.05) is 32.2 Å². The minimum absolute atomic E-state index is 0.0917. The Labute approximate surface area is 147 Å². The number of aryl methyl sites for hydroxylation is 1. The normalized spacial score (nSPS) is 10.4. The van der Waals surface area contributed by atoms with Gasteiger partial charge in [-0.1, -0.05) is 23.8 Å². The summed E-state index contributed by atoms with van der Waals surface area (Å²) in [6, 6.07) is 13.1. The molecule has 0 aliphatic heterocycles. The van der Waals surface area contributed by atoms with Crippen LogP contribution >= 0.6 is 0 Å². The van der Waals surface area contributed by atoms with E-state index in [9.17, 15) is 4.79 Å². The first-order valence-corrected chi connectivity index (χ1v) is 8.10. The Balaban J connectivity index is 1.90. The van der Waals surface area contributed by atoms with Crippen molar-refractivity contribution < 1.29 is 19.4 Å². The number of amides is 1. The first kappa shape index (κ1) is 18.8. The predicted octanol–water partition coefficient (Wildman–Crippen LogP) is 2.10. The fraction of sp³-hybridized carbons (Fsp3) is 0.316. The van der Waals surface area contributed by atoms with Crippen LogP contribution in [0.25, 0.3) is 0 Å². The van der Waals surface area contributed by atoms with Gasteiger partial charge in [0.1, 0.15) is 0 Å². The molecule has 2 aromatic carbocycles. The van der Waals surface area contributed by atoms with Crippen LogP contribution in [-0.2, 0) is 11.3 Å². The number of nitrogens with one attached hydrogen (secondary N) is 2. The summed E-state index contributed by atoms with van der Waals surface area (Å²) in [4.78, 5) is 12.0. The SMILES string of the molecule is COc1cc(CNCCO)ccc1OCC(=O)Nc1ccc(C)cc1.